The number of carbonyl (C=O) groups excluding carboxylic acids is 1. The second-order valence-corrected chi connectivity index (χ2v) is 4.66. The number of rotatable bonds is 1. The van der Waals surface area contributed by atoms with Crippen molar-refractivity contribution in [2.75, 3.05) is 26.3 Å². The van der Waals surface area contributed by atoms with Gasteiger partial charge in [-0.2, -0.15) is 0 Å². The fourth-order valence-electron chi connectivity index (χ4n) is 1.30. The first-order valence-electron chi connectivity index (χ1n) is 4.74. The Hall–Kier alpha value is -0.500. The fourth-order valence-corrected chi connectivity index (χ4v) is 2.13. The third-order valence-electron chi connectivity index (χ3n) is 2.15. The van der Waals surface area contributed by atoms with Gasteiger partial charge in [0.2, 0.25) is 5.28 Å². The van der Waals surface area contributed by atoms with Crippen LogP contribution in [0.15, 0.2) is 4.60 Å². The SMILES string of the molecule is O=C(On1c(Cl)nc(Br)c1Cl)N1CCOCC1. The van der Waals surface area contributed by atoms with Gasteiger partial charge < -0.3 is 14.5 Å². The van der Waals surface area contributed by atoms with E-state index in [4.69, 9.17) is 32.8 Å². The molecule has 0 N–H and O–H groups in total. The summed E-state index contributed by atoms with van der Waals surface area (Å²) in [5.41, 5.74) is 0. The van der Waals surface area contributed by atoms with E-state index in [2.05, 4.69) is 20.9 Å². The third-order valence-corrected chi connectivity index (χ3v) is 3.50. The van der Waals surface area contributed by atoms with Crippen LogP contribution >= 0.6 is 39.1 Å². The van der Waals surface area contributed by atoms with Gasteiger partial charge in [0.25, 0.3) is 0 Å². The zero-order chi connectivity index (χ0) is 12.4. The van der Waals surface area contributed by atoms with Crippen LogP contribution in [0.3, 0.4) is 0 Å². The molecule has 1 aromatic rings. The number of hydrogen-bond donors (Lipinski definition) is 0. The minimum Gasteiger partial charge on any atom is -0.378 e. The smallest absolute Gasteiger partial charge is 0.378 e. The van der Waals surface area contributed by atoms with Crippen molar-refractivity contribution in [2.45, 2.75) is 0 Å². The van der Waals surface area contributed by atoms with Crippen LogP contribution in [0, 0.1) is 0 Å². The van der Waals surface area contributed by atoms with Gasteiger partial charge in [0.05, 0.1) is 13.2 Å². The van der Waals surface area contributed by atoms with Crippen molar-refractivity contribution in [3.8, 4) is 0 Å². The molecule has 2 heterocycles. The lowest BCUT2D eigenvalue weighted by Gasteiger charge is -2.25. The Kier molecular flexibility index (Phi) is 4.13. The van der Waals surface area contributed by atoms with E-state index in [0.29, 0.717) is 30.9 Å². The molecular weight excluding hydrogens is 337 g/mol. The van der Waals surface area contributed by atoms with E-state index in [1.54, 1.807) is 0 Å². The van der Waals surface area contributed by atoms with Crippen LogP contribution in [-0.4, -0.2) is 47.0 Å². The van der Waals surface area contributed by atoms with Crippen LogP contribution in [0.1, 0.15) is 0 Å². The topological polar surface area (TPSA) is 56.6 Å². The second kappa shape index (κ2) is 5.43. The minimum atomic E-state index is -0.540. The summed E-state index contributed by atoms with van der Waals surface area (Å²) in [4.78, 5) is 22.1. The Balaban J connectivity index is 2.07. The van der Waals surface area contributed by atoms with E-state index in [-0.39, 0.29) is 10.4 Å². The number of halogens is 3. The number of carbonyl (C=O) groups is 1. The first-order chi connectivity index (χ1) is 8.09. The van der Waals surface area contributed by atoms with Crippen LogP contribution in [0.2, 0.25) is 10.4 Å². The molecule has 94 valence electrons. The highest BCUT2D eigenvalue weighted by Crippen LogP contribution is 2.24. The molecule has 17 heavy (non-hydrogen) atoms. The third kappa shape index (κ3) is 2.85. The van der Waals surface area contributed by atoms with E-state index in [1.807, 2.05) is 0 Å². The molecule has 1 saturated heterocycles. The maximum atomic E-state index is 11.7. The Morgan fingerprint density at radius 1 is 1.41 bits per heavy atom. The summed E-state index contributed by atoms with van der Waals surface area (Å²) in [5, 5.41) is 0.0834. The number of aromatic nitrogens is 2. The summed E-state index contributed by atoms with van der Waals surface area (Å²) < 4.78 is 6.41. The highest BCUT2D eigenvalue weighted by Gasteiger charge is 2.22. The van der Waals surface area contributed by atoms with Crippen LogP contribution < -0.4 is 4.84 Å². The number of imidazole rings is 1. The zero-order valence-corrected chi connectivity index (χ0v) is 11.6. The number of hydrogen-bond acceptors (Lipinski definition) is 4. The number of nitrogens with zero attached hydrogens (tertiary/aromatic N) is 3. The van der Waals surface area contributed by atoms with E-state index >= 15 is 0 Å². The van der Waals surface area contributed by atoms with Gasteiger partial charge in [0.1, 0.15) is 4.60 Å². The van der Waals surface area contributed by atoms with Gasteiger partial charge in [-0.3, -0.25) is 0 Å². The Morgan fingerprint density at radius 2 is 2.06 bits per heavy atom. The fraction of sp³-hybridized carbons (Fsp3) is 0.500. The van der Waals surface area contributed by atoms with Crippen molar-refractivity contribution in [3.05, 3.63) is 15.0 Å². The van der Waals surface area contributed by atoms with Crippen molar-refractivity contribution in [1.29, 1.82) is 0 Å². The first-order valence-corrected chi connectivity index (χ1v) is 6.28. The molecule has 0 aromatic carbocycles. The molecule has 1 fully saturated rings. The molecule has 9 heteroatoms. The van der Waals surface area contributed by atoms with E-state index in [0.717, 1.165) is 4.73 Å². The van der Waals surface area contributed by atoms with E-state index in [9.17, 15) is 4.79 Å². The highest BCUT2D eigenvalue weighted by molar-refractivity contribution is 9.10. The van der Waals surface area contributed by atoms with Gasteiger partial charge >= 0.3 is 6.09 Å². The van der Waals surface area contributed by atoms with Crippen LogP contribution in [0.4, 0.5) is 4.79 Å². The summed E-state index contributed by atoms with van der Waals surface area (Å²) in [5.74, 6) is 0. The summed E-state index contributed by atoms with van der Waals surface area (Å²) in [7, 11) is 0. The lowest BCUT2D eigenvalue weighted by atomic mass is 10.5. The molecule has 0 saturated carbocycles. The average Bonchev–Trinajstić information content (AvgIpc) is 2.57. The van der Waals surface area contributed by atoms with Gasteiger partial charge in [-0.1, -0.05) is 11.6 Å². The quantitative estimate of drug-likeness (QED) is 0.780. The second-order valence-electron chi connectivity index (χ2n) is 3.21. The lowest BCUT2D eigenvalue weighted by molar-refractivity contribution is 0.0245. The molecule has 1 aromatic heterocycles. The first kappa shape index (κ1) is 12.9. The molecule has 0 atom stereocenters. The summed E-state index contributed by atoms with van der Waals surface area (Å²) in [6, 6.07) is 0. The van der Waals surface area contributed by atoms with Crippen molar-refractivity contribution < 1.29 is 14.4 Å². The van der Waals surface area contributed by atoms with Crippen LogP contribution in [-0.2, 0) is 4.74 Å². The van der Waals surface area contributed by atoms with E-state index < -0.39 is 6.09 Å². The van der Waals surface area contributed by atoms with Crippen molar-refractivity contribution in [2.24, 2.45) is 0 Å². The molecule has 0 aliphatic carbocycles. The maximum Gasteiger partial charge on any atom is 0.434 e. The minimum absolute atomic E-state index is 0.0246. The van der Waals surface area contributed by atoms with Gasteiger partial charge in [-0.15, -0.1) is 4.73 Å². The summed E-state index contributed by atoms with van der Waals surface area (Å²) >= 11 is 14.7. The Bertz CT molecular complexity index is 434. The Labute approximate surface area is 115 Å². The van der Waals surface area contributed by atoms with E-state index in [1.165, 1.54) is 4.90 Å². The summed E-state index contributed by atoms with van der Waals surface area (Å²) in [6.07, 6.45) is -0.540. The molecule has 0 radical (unpaired) electrons. The predicted molar refractivity (Wildman–Crippen MR) is 64.3 cm³/mol. The lowest BCUT2D eigenvalue weighted by Crippen LogP contribution is -2.44. The van der Waals surface area contributed by atoms with Gasteiger partial charge in [0.15, 0.2) is 5.15 Å². The maximum absolute atomic E-state index is 11.7. The van der Waals surface area contributed by atoms with Crippen LogP contribution in [0.5, 0.6) is 0 Å². The van der Waals surface area contributed by atoms with Gasteiger partial charge in [-0.05, 0) is 27.5 Å². The van der Waals surface area contributed by atoms with Gasteiger partial charge in [-0.25, -0.2) is 9.78 Å². The number of amides is 1. The van der Waals surface area contributed by atoms with Crippen molar-refractivity contribution in [1.82, 2.24) is 14.6 Å². The molecule has 0 unspecified atom stereocenters. The monoisotopic (exact) mass is 343 g/mol. The number of ether oxygens (including phenoxy) is 1. The van der Waals surface area contributed by atoms with Crippen LogP contribution in [0.25, 0.3) is 0 Å². The summed E-state index contributed by atoms with van der Waals surface area (Å²) in [6.45, 7) is 1.93. The molecule has 0 spiro atoms. The number of morpholine rings is 1. The van der Waals surface area contributed by atoms with Gasteiger partial charge in [0, 0.05) is 13.1 Å². The molecular formula is C8H8BrCl2N3O3. The van der Waals surface area contributed by atoms with Crippen molar-refractivity contribution in [3.63, 3.8) is 0 Å². The Morgan fingerprint density at radius 3 is 2.59 bits per heavy atom. The average molecular weight is 345 g/mol. The highest BCUT2D eigenvalue weighted by atomic mass is 79.9. The molecule has 1 aliphatic rings. The standard InChI is InChI=1S/C8H8BrCl2N3O3/c9-5-6(10)14(7(11)12-5)17-8(15)13-1-3-16-4-2-13/h1-4H2. The normalized spacial score (nSPS) is 16.1. The molecule has 6 nitrogen and oxygen atoms in total. The molecule has 2 rings (SSSR count). The molecule has 0 bridgehead atoms. The predicted octanol–water partition coefficient (Wildman–Crippen LogP) is 1.83. The van der Waals surface area contributed by atoms with Crippen molar-refractivity contribution >= 4 is 45.2 Å². The zero-order valence-electron chi connectivity index (χ0n) is 8.53. The molecule has 1 aliphatic heterocycles. The molecule has 1 amide bonds. The largest absolute Gasteiger partial charge is 0.434 e.